The molecule has 0 bridgehead atoms. The molecule has 0 aliphatic heterocycles. The van der Waals surface area contributed by atoms with Crippen LogP contribution in [0.4, 0.5) is 30.7 Å². The Morgan fingerprint density at radius 1 is 1.00 bits per heavy atom. The first-order valence-corrected chi connectivity index (χ1v) is 7.70. The zero-order valence-corrected chi connectivity index (χ0v) is 14.4. The minimum absolute atomic E-state index is 0.109. The first kappa shape index (κ1) is 21.7. The Labute approximate surface area is 142 Å². The van der Waals surface area contributed by atoms with Crippen LogP contribution in [-0.2, 0) is 10.3 Å². The van der Waals surface area contributed by atoms with Gasteiger partial charge in [0.2, 0.25) is 0 Å². The Balaban J connectivity index is 3.38. The molecule has 1 aromatic carbocycles. The maximum atomic E-state index is 13.9. The lowest BCUT2D eigenvalue weighted by Gasteiger charge is -2.37. The SMILES string of the molecule is CCC(C)c1ccccc1C(C)(CC(F)(F)C(F)(F)C(F)(F)F)OC. The van der Waals surface area contributed by atoms with Crippen molar-refractivity contribution < 1.29 is 35.5 Å². The molecule has 1 nitrogen and oxygen atoms in total. The monoisotopic (exact) mass is 374 g/mol. The van der Waals surface area contributed by atoms with Crippen molar-refractivity contribution in [3.8, 4) is 0 Å². The van der Waals surface area contributed by atoms with Crippen LogP contribution in [0.2, 0.25) is 0 Å². The predicted octanol–water partition coefficient (Wildman–Crippen LogP) is 6.28. The minimum Gasteiger partial charge on any atom is -0.374 e. The molecule has 2 atom stereocenters. The lowest BCUT2D eigenvalue weighted by molar-refractivity contribution is -0.362. The molecule has 0 radical (unpaired) electrons. The van der Waals surface area contributed by atoms with E-state index in [2.05, 4.69) is 0 Å². The molecule has 144 valence electrons. The molecule has 2 unspecified atom stereocenters. The maximum Gasteiger partial charge on any atom is 0.459 e. The molecule has 0 N–H and O–H groups in total. The summed E-state index contributed by atoms with van der Waals surface area (Å²) in [6.45, 7) is 4.74. The third-order valence-corrected chi connectivity index (χ3v) is 4.50. The normalized spacial score (nSPS) is 17.2. The molecule has 0 saturated carbocycles. The topological polar surface area (TPSA) is 9.23 Å². The van der Waals surface area contributed by atoms with Gasteiger partial charge in [0.25, 0.3) is 0 Å². The van der Waals surface area contributed by atoms with Gasteiger partial charge in [-0.1, -0.05) is 38.1 Å². The van der Waals surface area contributed by atoms with E-state index in [1.807, 2.05) is 6.92 Å². The second-order valence-corrected chi connectivity index (χ2v) is 6.28. The van der Waals surface area contributed by atoms with Gasteiger partial charge in [-0.15, -0.1) is 0 Å². The molecule has 0 aliphatic rings. The number of halogens is 7. The van der Waals surface area contributed by atoms with Crippen molar-refractivity contribution in [2.45, 2.75) is 63.2 Å². The largest absolute Gasteiger partial charge is 0.459 e. The number of ether oxygens (including phenoxy) is 1. The molecule has 1 rings (SSSR count). The van der Waals surface area contributed by atoms with Crippen LogP contribution in [0.25, 0.3) is 0 Å². The second-order valence-electron chi connectivity index (χ2n) is 6.28. The van der Waals surface area contributed by atoms with E-state index >= 15 is 0 Å². The van der Waals surface area contributed by atoms with Crippen molar-refractivity contribution in [1.82, 2.24) is 0 Å². The Morgan fingerprint density at radius 2 is 1.52 bits per heavy atom. The van der Waals surface area contributed by atoms with E-state index in [1.165, 1.54) is 12.1 Å². The van der Waals surface area contributed by atoms with Gasteiger partial charge in [0.1, 0.15) is 0 Å². The van der Waals surface area contributed by atoms with Crippen LogP contribution in [0.3, 0.4) is 0 Å². The van der Waals surface area contributed by atoms with E-state index in [9.17, 15) is 30.7 Å². The molecule has 0 amide bonds. The van der Waals surface area contributed by atoms with E-state index in [0.29, 0.717) is 12.0 Å². The van der Waals surface area contributed by atoms with Crippen LogP contribution in [0.1, 0.15) is 50.7 Å². The van der Waals surface area contributed by atoms with E-state index < -0.39 is 30.0 Å². The Hall–Kier alpha value is -1.31. The molecule has 0 fully saturated rings. The highest BCUT2D eigenvalue weighted by atomic mass is 19.4. The maximum absolute atomic E-state index is 13.9. The summed E-state index contributed by atoms with van der Waals surface area (Å²) in [5.74, 6) is -11.6. The number of hydrogen-bond acceptors (Lipinski definition) is 1. The van der Waals surface area contributed by atoms with Crippen molar-refractivity contribution >= 4 is 0 Å². The third kappa shape index (κ3) is 4.10. The summed E-state index contributed by atoms with van der Waals surface area (Å²) in [4.78, 5) is 0. The fourth-order valence-electron chi connectivity index (χ4n) is 2.65. The number of alkyl halides is 7. The fraction of sp³-hybridized carbons (Fsp3) is 0.647. The zero-order valence-electron chi connectivity index (χ0n) is 14.4. The van der Waals surface area contributed by atoms with Crippen LogP contribution in [0.5, 0.6) is 0 Å². The molecule has 0 aromatic heterocycles. The molecule has 25 heavy (non-hydrogen) atoms. The first-order chi connectivity index (χ1) is 11.2. The van der Waals surface area contributed by atoms with Gasteiger partial charge in [-0.2, -0.15) is 30.7 Å². The fourth-order valence-corrected chi connectivity index (χ4v) is 2.65. The summed E-state index contributed by atoms with van der Waals surface area (Å²) in [6, 6.07) is 6.18. The summed E-state index contributed by atoms with van der Waals surface area (Å²) in [5.41, 5.74) is -1.27. The second kappa shape index (κ2) is 7.13. The summed E-state index contributed by atoms with van der Waals surface area (Å²) in [7, 11) is 1.01. The lowest BCUT2D eigenvalue weighted by atomic mass is 9.81. The average molecular weight is 374 g/mol. The standard InChI is InChI=1S/C17H21F7O/c1-5-11(2)12-8-6-7-9-13(12)14(3,25-4)10-15(18,19)16(20,21)17(22,23)24/h6-9,11H,5,10H2,1-4H3. The molecule has 0 saturated heterocycles. The highest BCUT2D eigenvalue weighted by Gasteiger charge is 2.73. The summed E-state index contributed by atoms with van der Waals surface area (Å²) in [5, 5.41) is 0. The van der Waals surface area contributed by atoms with Crippen molar-refractivity contribution in [2.75, 3.05) is 7.11 Å². The summed E-state index contributed by atoms with van der Waals surface area (Å²) >= 11 is 0. The van der Waals surface area contributed by atoms with Gasteiger partial charge in [-0.3, -0.25) is 0 Å². The number of methoxy groups -OCH3 is 1. The number of benzene rings is 1. The van der Waals surface area contributed by atoms with Gasteiger partial charge < -0.3 is 4.74 Å². The number of rotatable bonds is 7. The lowest BCUT2D eigenvalue weighted by Crippen LogP contribution is -2.54. The van der Waals surface area contributed by atoms with E-state index in [4.69, 9.17) is 4.74 Å². The van der Waals surface area contributed by atoms with Gasteiger partial charge in [-0.25, -0.2) is 0 Å². The van der Waals surface area contributed by atoms with Crippen LogP contribution < -0.4 is 0 Å². The molecule has 0 heterocycles. The van der Waals surface area contributed by atoms with Crippen LogP contribution in [0, 0.1) is 0 Å². The van der Waals surface area contributed by atoms with Crippen molar-refractivity contribution in [3.63, 3.8) is 0 Å². The van der Waals surface area contributed by atoms with Crippen molar-refractivity contribution in [2.24, 2.45) is 0 Å². The Bertz CT molecular complexity index is 583. The smallest absolute Gasteiger partial charge is 0.374 e. The third-order valence-electron chi connectivity index (χ3n) is 4.50. The van der Waals surface area contributed by atoms with Gasteiger partial charge >= 0.3 is 18.0 Å². The Morgan fingerprint density at radius 3 is 1.96 bits per heavy atom. The molecule has 0 aliphatic carbocycles. The predicted molar refractivity (Wildman–Crippen MR) is 80.1 cm³/mol. The van der Waals surface area contributed by atoms with Crippen molar-refractivity contribution in [1.29, 1.82) is 0 Å². The molecule has 8 heteroatoms. The molecule has 0 spiro atoms. The summed E-state index contributed by atoms with van der Waals surface area (Å²) in [6.07, 6.45) is -7.54. The molecular formula is C17H21F7O. The highest BCUT2D eigenvalue weighted by Crippen LogP contribution is 2.52. The van der Waals surface area contributed by atoms with Crippen LogP contribution in [0.15, 0.2) is 24.3 Å². The molecule has 1 aromatic rings. The van der Waals surface area contributed by atoms with Gasteiger partial charge in [0.05, 0.1) is 12.0 Å². The van der Waals surface area contributed by atoms with Gasteiger partial charge in [-0.05, 0) is 30.4 Å². The van der Waals surface area contributed by atoms with Crippen molar-refractivity contribution in [3.05, 3.63) is 35.4 Å². The minimum atomic E-state index is -6.36. The Kier molecular flexibility index (Phi) is 6.20. The highest BCUT2D eigenvalue weighted by molar-refractivity contribution is 5.35. The van der Waals surface area contributed by atoms with E-state index in [-0.39, 0.29) is 11.5 Å². The van der Waals surface area contributed by atoms with Crippen LogP contribution >= 0.6 is 0 Å². The van der Waals surface area contributed by atoms with E-state index in [1.54, 1.807) is 19.1 Å². The van der Waals surface area contributed by atoms with E-state index in [0.717, 1.165) is 14.0 Å². The quantitative estimate of drug-likeness (QED) is 0.510. The molecular weight excluding hydrogens is 353 g/mol. The average Bonchev–Trinajstić information content (AvgIpc) is 2.52. The van der Waals surface area contributed by atoms with Crippen LogP contribution in [-0.4, -0.2) is 25.1 Å². The van der Waals surface area contributed by atoms with Gasteiger partial charge in [0, 0.05) is 7.11 Å². The van der Waals surface area contributed by atoms with Gasteiger partial charge in [0.15, 0.2) is 0 Å². The number of hydrogen-bond donors (Lipinski definition) is 0. The first-order valence-electron chi connectivity index (χ1n) is 7.70. The zero-order chi connectivity index (χ0) is 19.7. The summed E-state index contributed by atoms with van der Waals surface area (Å²) < 4.78 is 96.7.